The second kappa shape index (κ2) is 6.64. The molecule has 1 aromatic heterocycles. The number of aromatic nitrogens is 2. The van der Waals surface area contributed by atoms with Crippen molar-refractivity contribution in [2.24, 2.45) is 0 Å². The van der Waals surface area contributed by atoms with E-state index in [0.717, 1.165) is 53.1 Å². The van der Waals surface area contributed by atoms with Crippen LogP contribution in [0.2, 0.25) is 0 Å². The van der Waals surface area contributed by atoms with Crippen LogP contribution in [0.3, 0.4) is 0 Å². The molecule has 0 amide bonds. The number of nitrogens with zero attached hydrogens (tertiary/aromatic N) is 4. The van der Waals surface area contributed by atoms with E-state index in [1.165, 1.54) is 0 Å². The van der Waals surface area contributed by atoms with Crippen molar-refractivity contribution in [3.63, 3.8) is 0 Å². The molecule has 3 aromatic rings. The Hall–Kier alpha value is -3.14. The van der Waals surface area contributed by atoms with E-state index in [2.05, 4.69) is 54.5 Å². The average molecular weight is 342 g/mol. The number of rotatable bonds is 4. The predicted molar refractivity (Wildman–Crippen MR) is 108 cm³/mol. The fourth-order valence-corrected chi connectivity index (χ4v) is 3.43. The molecule has 1 aliphatic heterocycles. The molecule has 2 heterocycles. The van der Waals surface area contributed by atoms with E-state index in [-0.39, 0.29) is 0 Å². The Balaban J connectivity index is 1.99. The minimum Gasteiger partial charge on any atom is -0.310 e. The van der Waals surface area contributed by atoms with Crippen molar-refractivity contribution < 1.29 is 0 Å². The lowest BCUT2D eigenvalue weighted by Gasteiger charge is -2.20. The van der Waals surface area contributed by atoms with Crippen molar-refractivity contribution in [1.82, 2.24) is 9.97 Å². The second-order valence-electron chi connectivity index (χ2n) is 6.20. The zero-order valence-electron chi connectivity index (χ0n) is 15.2. The highest BCUT2D eigenvalue weighted by molar-refractivity contribution is 5.85. The van der Waals surface area contributed by atoms with Gasteiger partial charge in [0.2, 0.25) is 0 Å². The van der Waals surface area contributed by atoms with Gasteiger partial charge in [-0.3, -0.25) is 0 Å². The Morgan fingerprint density at radius 1 is 0.692 bits per heavy atom. The molecule has 0 aliphatic carbocycles. The Bertz CT molecular complexity index is 859. The molecule has 0 spiro atoms. The standard InChI is InChI=1S/C22H22N4/c1-4-25-16(3)26(5-2)22-21(25)23-19(17-12-8-6-9-13-17)20(24-22)18-14-10-7-11-15-18/h6-15H,3-5H2,1-2H3. The summed E-state index contributed by atoms with van der Waals surface area (Å²) in [6.07, 6.45) is 0. The van der Waals surface area contributed by atoms with Gasteiger partial charge in [-0.15, -0.1) is 0 Å². The Morgan fingerprint density at radius 3 is 1.42 bits per heavy atom. The molecular weight excluding hydrogens is 320 g/mol. The third-order valence-corrected chi connectivity index (χ3v) is 4.72. The van der Waals surface area contributed by atoms with Gasteiger partial charge in [-0.25, -0.2) is 9.97 Å². The molecule has 0 N–H and O–H groups in total. The maximum atomic E-state index is 5.06. The summed E-state index contributed by atoms with van der Waals surface area (Å²) in [5, 5.41) is 0. The van der Waals surface area contributed by atoms with Gasteiger partial charge in [0.15, 0.2) is 11.6 Å². The summed E-state index contributed by atoms with van der Waals surface area (Å²) >= 11 is 0. The van der Waals surface area contributed by atoms with Crippen molar-refractivity contribution in [1.29, 1.82) is 0 Å². The summed E-state index contributed by atoms with van der Waals surface area (Å²) in [7, 11) is 0. The first-order chi connectivity index (χ1) is 12.7. The summed E-state index contributed by atoms with van der Waals surface area (Å²) in [5.74, 6) is 2.71. The Kier molecular flexibility index (Phi) is 4.17. The average Bonchev–Trinajstić information content (AvgIpc) is 2.97. The van der Waals surface area contributed by atoms with Gasteiger partial charge in [0.1, 0.15) is 5.82 Å². The lowest BCUT2D eigenvalue weighted by molar-refractivity contribution is 0.894. The van der Waals surface area contributed by atoms with E-state index >= 15 is 0 Å². The van der Waals surface area contributed by atoms with Crippen LogP contribution in [-0.2, 0) is 0 Å². The fourth-order valence-electron chi connectivity index (χ4n) is 3.43. The van der Waals surface area contributed by atoms with E-state index in [1.54, 1.807) is 0 Å². The largest absolute Gasteiger partial charge is 0.310 e. The second-order valence-corrected chi connectivity index (χ2v) is 6.20. The molecule has 0 saturated carbocycles. The van der Waals surface area contributed by atoms with Crippen molar-refractivity contribution in [2.75, 3.05) is 22.9 Å². The van der Waals surface area contributed by atoms with Crippen LogP contribution in [0.5, 0.6) is 0 Å². The molecule has 0 radical (unpaired) electrons. The molecule has 0 atom stereocenters. The van der Waals surface area contributed by atoms with E-state index in [9.17, 15) is 0 Å². The van der Waals surface area contributed by atoms with Crippen LogP contribution in [0.25, 0.3) is 22.5 Å². The molecule has 4 nitrogen and oxygen atoms in total. The van der Waals surface area contributed by atoms with Crippen molar-refractivity contribution in [2.45, 2.75) is 13.8 Å². The smallest absolute Gasteiger partial charge is 0.178 e. The van der Waals surface area contributed by atoms with Gasteiger partial charge in [-0.05, 0) is 13.8 Å². The molecule has 0 saturated heterocycles. The topological polar surface area (TPSA) is 32.3 Å². The van der Waals surface area contributed by atoms with E-state index in [0.29, 0.717) is 0 Å². The summed E-state index contributed by atoms with van der Waals surface area (Å²) in [5.41, 5.74) is 3.94. The number of anilines is 2. The van der Waals surface area contributed by atoms with Crippen molar-refractivity contribution >= 4 is 11.6 Å². The fraction of sp³-hybridized carbons (Fsp3) is 0.182. The van der Waals surface area contributed by atoms with E-state index in [4.69, 9.17) is 9.97 Å². The number of fused-ring (bicyclic) bond motifs is 1. The van der Waals surface area contributed by atoms with Crippen LogP contribution in [0.15, 0.2) is 73.1 Å². The summed E-state index contributed by atoms with van der Waals surface area (Å²) in [6.45, 7) is 10.1. The molecule has 0 bridgehead atoms. The maximum absolute atomic E-state index is 5.06. The lowest BCUT2D eigenvalue weighted by atomic mass is 10.0. The van der Waals surface area contributed by atoms with Gasteiger partial charge in [0.25, 0.3) is 0 Å². The zero-order chi connectivity index (χ0) is 18.1. The van der Waals surface area contributed by atoms with E-state index < -0.39 is 0 Å². The van der Waals surface area contributed by atoms with Gasteiger partial charge in [-0.2, -0.15) is 0 Å². The lowest BCUT2D eigenvalue weighted by Crippen LogP contribution is -2.27. The van der Waals surface area contributed by atoms with Crippen LogP contribution < -0.4 is 9.80 Å². The predicted octanol–water partition coefficient (Wildman–Crippen LogP) is 4.95. The van der Waals surface area contributed by atoms with Crippen LogP contribution in [0.1, 0.15) is 13.8 Å². The number of benzene rings is 2. The van der Waals surface area contributed by atoms with Crippen molar-refractivity contribution in [3.8, 4) is 22.5 Å². The summed E-state index contributed by atoms with van der Waals surface area (Å²) in [4.78, 5) is 14.4. The third kappa shape index (κ3) is 2.54. The number of hydrogen-bond donors (Lipinski definition) is 0. The van der Waals surface area contributed by atoms with Gasteiger partial charge >= 0.3 is 0 Å². The van der Waals surface area contributed by atoms with Crippen LogP contribution in [-0.4, -0.2) is 23.1 Å². The molecule has 0 fully saturated rings. The van der Waals surface area contributed by atoms with Gasteiger partial charge in [-0.1, -0.05) is 67.2 Å². The van der Waals surface area contributed by atoms with Crippen LogP contribution in [0, 0.1) is 0 Å². The van der Waals surface area contributed by atoms with Crippen LogP contribution >= 0.6 is 0 Å². The van der Waals surface area contributed by atoms with Gasteiger partial charge in [0, 0.05) is 24.2 Å². The molecule has 130 valence electrons. The molecule has 26 heavy (non-hydrogen) atoms. The molecular formula is C22H22N4. The minimum atomic E-state index is 0.815. The minimum absolute atomic E-state index is 0.815. The van der Waals surface area contributed by atoms with Crippen LogP contribution in [0.4, 0.5) is 11.6 Å². The molecule has 4 rings (SSSR count). The highest BCUT2D eigenvalue weighted by Crippen LogP contribution is 2.42. The normalized spacial score (nSPS) is 13.2. The number of hydrogen-bond acceptors (Lipinski definition) is 4. The highest BCUT2D eigenvalue weighted by Gasteiger charge is 2.32. The first-order valence-corrected chi connectivity index (χ1v) is 9.01. The van der Waals surface area contributed by atoms with E-state index in [1.807, 2.05) is 36.4 Å². The molecule has 1 aliphatic rings. The Labute approximate surface area is 154 Å². The first kappa shape index (κ1) is 16.3. The monoisotopic (exact) mass is 342 g/mol. The molecule has 0 unspecified atom stereocenters. The highest BCUT2D eigenvalue weighted by atomic mass is 15.4. The quantitative estimate of drug-likeness (QED) is 0.672. The maximum Gasteiger partial charge on any atom is 0.178 e. The summed E-state index contributed by atoms with van der Waals surface area (Å²) in [6, 6.07) is 20.5. The molecule has 2 aromatic carbocycles. The van der Waals surface area contributed by atoms with Gasteiger partial charge in [0.05, 0.1) is 11.4 Å². The van der Waals surface area contributed by atoms with Crippen molar-refractivity contribution in [3.05, 3.63) is 73.1 Å². The zero-order valence-corrected chi connectivity index (χ0v) is 15.2. The molecule has 4 heteroatoms. The van der Waals surface area contributed by atoms with Gasteiger partial charge < -0.3 is 9.80 Å². The summed E-state index contributed by atoms with van der Waals surface area (Å²) < 4.78 is 0. The third-order valence-electron chi connectivity index (χ3n) is 4.72. The first-order valence-electron chi connectivity index (χ1n) is 9.01. The Morgan fingerprint density at radius 2 is 1.08 bits per heavy atom. The SMILES string of the molecule is C=C1N(CC)c2nc(-c3ccccc3)c(-c3ccccc3)nc2N1CC.